The van der Waals surface area contributed by atoms with E-state index in [1.165, 1.54) is 12.4 Å². The molecule has 1 aliphatic carbocycles. The maximum Gasteiger partial charge on any atom is 0.186 e. The van der Waals surface area contributed by atoms with E-state index in [4.69, 9.17) is 11.5 Å². The smallest absolute Gasteiger partial charge is 0.186 e. The monoisotopic (exact) mass is 379 g/mol. The second kappa shape index (κ2) is 6.25. The molecule has 142 valence electrons. The van der Waals surface area contributed by atoms with E-state index in [9.17, 15) is 4.39 Å². The minimum Gasteiger partial charge on any atom is -0.383 e. The van der Waals surface area contributed by atoms with Gasteiger partial charge in [0.1, 0.15) is 23.7 Å². The van der Waals surface area contributed by atoms with Crippen LogP contribution in [0.2, 0.25) is 0 Å². The molecular weight excluding hydrogens is 361 g/mol. The number of fused-ring (bicyclic) bond motifs is 2. The summed E-state index contributed by atoms with van der Waals surface area (Å²) < 4.78 is 16.1. The average Bonchev–Trinajstić information content (AvgIpc) is 3.40. The van der Waals surface area contributed by atoms with Gasteiger partial charge in [0, 0.05) is 0 Å². The highest BCUT2D eigenvalue weighted by molar-refractivity contribution is 6.10. The Labute approximate surface area is 158 Å². The number of halogens is 1. The fraction of sp³-hybridized carbons (Fsp3) is 0.278. The Morgan fingerprint density at radius 1 is 1.21 bits per heavy atom. The first kappa shape index (κ1) is 16.6. The molecule has 10 heteroatoms. The van der Waals surface area contributed by atoms with Crippen LogP contribution >= 0.6 is 0 Å². The highest BCUT2D eigenvalue weighted by Crippen LogP contribution is 2.33. The summed E-state index contributed by atoms with van der Waals surface area (Å²) >= 11 is 0. The van der Waals surface area contributed by atoms with Crippen LogP contribution in [0.4, 0.5) is 16.0 Å². The number of benzene rings is 1. The lowest BCUT2D eigenvalue weighted by Gasteiger charge is -2.09. The predicted octanol–water partition coefficient (Wildman–Crippen LogP) is 2.58. The van der Waals surface area contributed by atoms with E-state index in [0.717, 1.165) is 25.7 Å². The van der Waals surface area contributed by atoms with Crippen molar-refractivity contribution in [1.29, 1.82) is 0 Å². The van der Waals surface area contributed by atoms with Gasteiger partial charge in [0.15, 0.2) is 17.3 Å². The number of aromatic amines is 1. The molecule has 1 saturated carbocycles. The van der Waals surface area contributed by atoms with Crippen molar-refractivity contribution >= 4 is 39.4 Å². The summed E-state index contributed by atoms with van der Waals surface area (Å²) in [5, 5.41) is 12.3. The molecule has 0 radical (unpaired) electrons. The molecule has 1 aromatic carbocycles. The molecule has 1 aliphatic rings. The Kier molecular flexibility index (Phi) is 3.71. The molecule has 0 aliphatic heterocycles. The maximum atomic E-state index is 14.2. The third kappa shape index (κ3) is 2.48. The number of aliphatic imine (C=N–C) groups is 1. The number of nitrogens with one attached hydrogen (secondary N) is 1. The molecule has 0 saturated heterocycles. The van der Waals surface area contributed by atoms with Gasteiger partial charge in [-0.05, 0) is 25.0 Å². The van der Waals surface area contributed by atoms with E-state index in [1.807, 2.05) is 4.68 Å². The third-order valence-electron chi connectivity index (χ3n) is 5.18. The van der Waals surface area contributed by atoms with Crippen molar-refractivity contribution in [2.24, 2.45) is 10.7 Å². The Morgan fingerprint density at radius 3 is 2.86 bits per heavy atom. The molecule has 0 unspecified atom stereocenters. The van der Waals surface area contributed by atoms with E-state index in [0.29, 0.717) is 22.2 Å². The van der Waals surface area contributed by atoms with Crippen LogP contribution in [-0.2, 0) is 0 Å². The van der Waals surface area contributed by atoms with Gasteiger partial charge < -0.3 is 11.5 Å². The van der Waals surface area contributed by atoms with Crippen LogP contribution in [0.5, 0.6) is 0 Å². The molecule has 9 nitrogen and oxygen atoms in total. The molecule has 0 spiro atoms. The van der Waals surface area contributed by atoms with Crippen molar-refractivity contribution in [2.45, 2.75) is 31.7 Å². The molecule has 3 heterocycles. The van der Waals surface area contributed by atoms with Gasteiger partial charge in [-0.15, -0.1) is 0 Å². The van der Waals surface area contributed by atoms with E-state index in [1.54, 1.807) is 12.1 Å². The van der Waals surface area contributed by atoms with Crippen molar-refractivity contribution in [3.8, 4) is 0 Å². The number of rotatable bonds is 3. The highest BCUT2D eigenvalue weighted by atomic mass is 19.1. The van der Waals surface area contributed by atoms with Crippen LogP contribution < -0.4 is 11.5 Å². The van der Waals surface area contributed by atoms with Crippen LogP contribution in [0.15, 0.2) is 29.5 Å². The highest BCUT2D eigenvalue weighted by Gasteiger charge is 2.25. The van der Waals surface area contributed by atoms with E-state index in [2.05, 4.69) is 30.3 Å². The zero-order valence-corrected chi connectivity index (χ0v) is 14.9. The minimum atomic E-state index is -0.429. The van der Waals surface area contributed by atoms with Crippen molar-refractivity contribution in [3.63, 3.8) is 0 Å². The molecule has 3 aromatic heterocycles. The summed E-state index contributed by atoms with van der Waals surface area (Å²) in [6, 6.07) is 4.91. The Balaban J connectivity index is 1.69. The largest absolute Gasteiger partial charge is 0.383 e. The molecule has 5 N–H and O–H groups in total. The number of aromatic nitrogens is 6. The summed E-state index contributed by atoms with van der Waals surface area (Å²) in [6.07, 6.45) is 5.74. The fourth-order valence-corrected chi connectivity index (χ4v) is 3.84. The normalized spacial score (nSPS) is 15.8. The Morgan fingerprint density at radius 2 is 2.04 bits per heavy atom. The first-order valence-corrected chi connectivity index (χ1v) is 9.09. The van der Waals surface area contributed by atoms with Crippen LogP contribution in [0, 0.1) is 5.82 Å². The average molecular weight is 379 g/mol. The lowest BCUT2D eigenvalue weighted by atomic mass is 10.2. The number of nitrogens with two attached hydrogens (primary N) is 2. The zero-order chi connectivity index (χ0) is 19.3. The van der Waals surface area contributed by atoms with Crippen LogP contribution in [0.25, 0.3) is 21.9 Å². The maximum absolute atomic E-state index is 14.2. The summed E-state index contributed by atoms with van der Waals surface area (Å²) in [4.78, 5) is 12.8. The zero-order valence-electron chi connectivity index (χ0n) is 14.9. The van der Waals surface area contributed by atoms with Gasteiger partial charge >= 0.3 is 0 Å². The lowest BCUT2D eigenvalue weighted by molar-refractivity contribution is 0.478. The topological polar surface area (TPSA) is 137 Å². The SMILES string of the molecule is NC(=Nc1n[nH]c2cccc(F)c12)c1nn(C2CCCC2)c2ncnc(N)c12. The predicted molar refractivity (Wildman–Crippen MR) is 104 cm³/mol. The second-order valence-corrected chi connectivity index (χ2v) is 6.90. The van der Waals surface area contributed by atoms with Gasteiger partial charge in [0.25, 0.3) is 0 Å². The number of nitrogen functional groups attached to an aromatic ring is 1. The Hall–Kier alpha value is -3.56. The first-order chi connectivity index (χ1) is 13.6. The van der Waals surface area contributed by atoms with E-state index in [-0.39, 0.29) is 28.9 Å². The molecule has 4 aromatic rings. The molecule has 1 fully saturated rings. The van der Waals surface area contributed by atoms with Crippen molar-refractivity contribution < 1.29 is 4.39 Å². The molecule has 28 heavy (non-hydrogen) atoms. The summed E-state index contributed by atoms with van der Waals surface area (Å²) in [5.74, 6) is 0.0898. The van der Waals surface area contributed by atoms with Gasteiger partial charge in [-0.1, -0.05) is 18.9 Å². The van der Waals surface area contributed by atoms with Gasteiger partial charge in [-0.3, -0.25) is 5.10 Å². The molecule has 0 bridgehead atoms. The van der Waals surface area contributed by atoms with Gasteiger partial charge in [-0.2, -0.15) is 10.2 Å². The third-order valence-corrected chi connectivity index (χ3v) is 5.18. The second-order valence-electron chi connectivity index (χ2n) is 6.90. The van der Waals surface area contributed by atoms with Gasteiger partial charge in [0.05, 0.1) is 22.3 Å². The molecule has 0 atom stereocenters. The summed E-state index contributed by atoms with van der Waals surface area (Å²) in [5.41, 5.74) is 13.9. The number of nitrogens with zero attached hydrogens (tertiary/aromatic N) is 6. The number of H-pyrrole nitrogens is 1. The van der Waals surface area contributed by atoms with Crippen molar-refractivity contribution in [1.82, 2.24) is 29.9 Å². The van der Waals surface area contributed by atoms with E-state index >= 15 is 0 Å². The van der Waals surface area contributed by atoms with E-state index < -0.39 is 5.82 Å². The van der Waals surface area contributed by atoms with Gasteiger partial charge in [-0.25, -0.2) is 24.0 Å². The number of hydrogen-bond donors (Lipinski definition) is 3. The van der Waals surface area contributed by atoms with Crippen LogP contribution in [-0.4, -0.2) is 35.8 Å². The van der Waals surface area contributed by atoms with Crippen molar-refractivity contribution in [3.05, 3.63) is 36.0 Å². The summed E-state index contributed by atoms with van der Waals surface area (Å²) in [7, 11) is 0. The molecular formula is C18H18FN9. The number of anilines is 1. The fourth-order valence-electron chi connectivity index (χ4n) is 3.84. The number of hydrogen-bond acceptors (Lipinski definition) is 6. The Bertz CT molecular complexity index is 1220. The quantitative estimate of drug-likeness (QED) is 0.370. The number of amidine groups is 1. The first-order valence-electron chi connectivity index (χ1n) is 9.09. The van der Waals surface area contributed by atoms with Gasteiger partial charge in [0.2, 0.25) is 0 Å². The summed E-state index contributed by atoms with van der Waals surface area (Å²) in [6.45, 7) is 0. The molecule has 0 amide bonds. The minimum absolute atomic E-state index is 0.0832. The van der Waals surface area contributed by atoms with Crippen LogP contribution in [0.3, 0.4) is 0 Å². The standard InChI is InChI=1S/C18H18FN9/c19-10-6-3-7-11-12(10)17(26-25-11)24-16(21)14-13-15(20)22-8-23-18(13)28(27-14)9-4-1-2-5-9/h3,6-9H,1-2,4-5H2,(H2,20,22,23)(H3,21,24,25,26). The molecule has 5 rings (SSSR count). The van der Waals surface area contributed by atoms with Crippen molar-refractivity contribution in [2.75, 3.05) is 5.73 Å². The van der Waals surface area contributed by atoms with Crippen LogP contribution in [0.1, 0.15) is 37.4 Å². The lowest BCUT2D eigenvalue weighted by Crippen LogP contribution is -2.16.